The van der Waals surface area contributed by atoms with Crippen LogP contribution in [0, 0.1) is 13.8 Å². The summed E-state index contributed by atoms with van der Waals surface area (Å²) >= 11 is 0. The first-order chi connectivity index (χ1) is 10.7. The van der Waals surface area contributed by atoms with Gasteiger partial charge in [0.05, 0.1) is 12.7 Å². The maximum atomic E-state index is 6.07. The van der Waals surface area contributed by atoms with Crippen molar-refractivity contribution < 1.29 is 4.74 Å². The van der Waals surface area contributed by atoms with Gasteiger partial charge in [0.25, 0.3) is 0 Å². The molecule has 0 saturated carbocycles. The van der Waals surface area contributed by atoms with E-state index in [-0.39, 0.29) is 0 Å². The largest absolute Gasteiger partial charge is 0.375 e. The Bertz CT molecular complexity index is 488. The Morgan fingerprint density at radius 1 is 1.18 bits per heavy atom. The van der Waals surface area contributed by atoms with Crippen molar-refractivity contribution >= 4 is 5.95 Å². The Morgan fingerprint density at radius 3 is 2.77 bits per heavy atom. The van der Waals surface area contributed by atoms with Gasteiger partial charge in [0.2, 0.25) is 5.95 Å². The van der Waals surface area contributed by atoms with E-state index in [1.807, 2.05) is 13.1 Å². The molecule has 3 heterocycles. The number of likely N-dealkylation sites (tertiary alicyclic amines) is 1. The lowest BCUT2D eigenvalue weighted by Gasteiger charge is -2.26. The van der Waals surface area contributed by atoms with E-state index in [0.717, 1.165) is 49.9 Å². The van der Waals surface area contributed by atoms with Crippen molar-refractivity contribution in [3.63, 3.8) is 0 Å². The van der Waals surface area contributed by atoms with Crippen LogP contribution in [0.15, 0.2) is 6.20 Å². The molecule has 2 aliphatic rings. The summed E-state index contributed by atoms with van der Waals surface area (Å²) in [4.78, 5) is 13.8. The number of anilines is 1. The average molecular weight is 304 g/mol. The lowest BCUT2D eigenvalue weighted by Crippen LogP contribution is -2.34. The van der Waals surface area contributed by atoms with Crippen LogP contribution >= 0.6 is 0 Å². The Kier molecular flexibility index (Phi) is 5.26. The molecule has 3 rings (SSSR count). The predicted molar refractivity (Wildman–Crippen MR) is 88.4 cm³/mol. The SMILES string of the molecule is Cc1cnc(N2CC[C@@H](OCCN3CCCCC3)C2)nc1C. The van der Waals surface area contributed by atoms with Crippen molar-refractivity contribution in [1.29, 1.82) is 0 Å². The van der Waals surface area contributed by atoms with Crippen LogP contribution in [0.5, 0.6) is 0 Å². The molecule has 0 bridgehead atoms. The van der Waals surface area contributed by atoms with Gasteiger partial charge in [-0.15, -0.1) is 0 Å². The van der Waals surface area contributed by atoms with E-state index in [9.17, 15) is 0 Å². The van der Waals surface area contributed by atoms with Gasteiger partial charge in [-0.05, 0) is 51.8 Å². The smallest absolute Gasteiger partial charge is 0.225 e. The van der Waals surface area contributed by atoms with E-state index >= 15 is 0 Å². The van der Waals surface area contributed by atoms with Crippen molar-refractivity contribution in [2.75, 3.05) is 44.2 Å². The molecule has 122 valence electrons. The first kappa shape index (κ1) is 15.7. The molecule has 0 amide bonds. The van der Waals surface area contributed by atoms with Crippen LogP contribution in [-0.4, -0.2) is 60.3 Å². The molecule has 2 saturated heterocycles. The Hall–Kier alpha value is -1.20. The van der Waals surface area contributed by atoms with Crippen LogP contribution in [0.2, 0.25) is 0 Å². The number of hydrogen-bond acceptors (Lipinski definition) is 5. The van der Waals surface area contributed by atoms with Crippen molar-refractivity contribution in [2.24, 2.45) is 0 Å². The molecule has 5 nitrogen and oxygen atoms in total. The summed E-state index contributed by atoms with van der Waals surface area (Å²) < 4.78 is 6.07. The molecule has 1 aromatic heterocycles. The molecule has 0 aromatic carbocycles. The normalized spacial score (nSPS) is 23.2. The number of nitrogens with zero attached hydrogens (tertiary/aromatic N) is 4. The first-order valence-corrected chi connectivity index (χ1v) is 8.61. The van der Waals surface area contributed by atoms with Gasteiger partial charge in [0, 0.05) is 31.5 Å². The van der Waals surface area contributed by atoms with Gasteiger partial charge in [-0.3, -0.25) is 0 Å². The zero-order valence-corrected chi connectivity index (χ0v) is 13.9. The van der Waals surface area contributed by atoms with Crippen molar-refractivity contribution in [2.45, 2.75) is 45.6 Å². The van der Waals surface area contributed by atoms with Crippen LogP contribution in [-0.2, 0) is 4.74 Å². The molecule has 0 radical (unpaired) electrons. The number of aromatic nitrogens is 2. The number of ether oxygens (including phenoxy) is 1. The number of piperidine rings is 1. The van der Waals surface area contributed by atoms with E-state index < -0.39 is 0 Å². The van der Waals surface area contributed by atoms with E-state index in [1.54, 1.807) is 0 Å². The Labute approximate surface area is 133 Å². The summed E-state index contributed by atoms with van der Waals surface area (Å²) in [6.45, 7) is 10.4. The second-order valence-corrected chi connectivity index (χ2v) is 6.57. The average Bonchev–Trinajstić information content (AvgIpc) is 3.00. The molecular weight excluding hydrogens is 276 g/mol. The molecule has 2 fully saturated rings. The quantitative estimate of drug-likeness (QED) is 0.834. The maximum absolute atomic E-state index is 6.07. The standard InChI is InChI=1S/C17H28N4O/c1-14-12-18-17(19-15(14)2)21-9-6-16(13-21)22-11-10-20-7-4-3-5-8-20/h12,16H,3-11,13H2,1-2H3/t16-/m1/s1. The third kappa shape index (κ3) is 3.96. The highest BCUT2D eigenvalue weighted by Gasteiger charge is 2.25. The Morgan fingerprint density at radius 2 is 2.00 bits per heavy atom. The summed E-state index contributed by atoms with van der Waals surface area (Å²) in [5.74, 6) is 0.852. The highest BCUT2D eigenvalue weighted by atomic mass is 16.5. The predicted octanol–water partition coefficient (Wildman–Crippen LogP) is 2.17. The molecular formula is C17H28N4O. The molecule has 1 atom stereocenters. The Balaban J connectivity index is 1.42. The summed E-state index contributed by atoms with van der Waals surface area (Å²) in [5, 5.41) is 0. The fourth-order valence-corrected chi connectivity index (χ4v) is 3.24. The minimum Gasteiger partial charge on any atom is -0.375 e. The summed E-state index contributed by atoms with van der Waals surface area (Å²) in [7, 11) is 0. The number of rotatable bonds is 5. The van der Waals surface area contributed by atoms with E-state index in [4.69, 9.17) is 4.74 Å². The van der Waals surface area contributed by atoms with Crippen LogP contribution in [0.3, 0.4) is 0 Å². The van der Waals surface area contributed by atoms with Gasteiger partial charge < -0.3 is 14.5 Å². The number of hydrogen-bond donors (Lipinski definition) is 0. The number of aryl methyl sites for hydroxylation is 2. The molecule has 1 aromatic rings. The lowest BCUT2D eigenvalue weighted by atomic mass is 10.1. The minimum absolute atomic E-state index is 0.329. The van der Waals surface area contributed by atoms with Crippen molar-refractivity contribution in [1.82, 2.24) is 14.9 Å². The van der Waals surface area contributed by atoms with Gasteiger partial charge >= 0.3 is 0 Å². The molecule has 0 N–H and O–H groups in total. The van der Waals surface area contributed by atoms with Gasteiger partial charge in [-0.1, -0.05) is 6.42 Å². The lowest BCUT2D eigenvalue weighted by molar-refractivity contribution is 0.0466. The fourth-order valence-electron chi connectivity index (χ4n) is 3.24. The molecule has 2 aliphatic heterocycles. The highest BCUT2D eigenvalue weighted by molar-refractivity contribution is 5.34. The zero-order valence-electron chi connectivity index (χ0n) is 13.9. The third-order valence-corrected chi connectivity index (χ3v) is 4.85. The van der Waals surface area contributed by atoms with Crippen LogP contribution in [0.1, 0.15) is 36.9 Å². The van der Waals surface area contributed by atoms with Gasteiger partial charge in [0.15, 0.2) is 0 Å². The van der Waals surface area contributed by atoms with Crippen LogP contribution in [0.25, 0.3) is 0 Å². The van der Waals surface area contributed by atoms with Crippen molar-refractivity contribution in [3.05, 3.63) is 17.5 Å². The van der Waals surface area contributed by atoms with E-state index in [2.05, 4.69) is 26.7 Å². The fraction of sp³-hybridized carbons (Fsp3) is 0.765. The van der Waals surface area contributed by atoms with E-state index in [0.29, 0.717) is 6.10 Å². The first-order valence-electron chi connectivity index (χ1n) is 8.61. The summed E-state index contributed by atoms with van der Waals surface area (Å²) in [6, 6.07) is 0. The molecule has 0 aliphatic carbocycles. The van der Waals surface area contributed by atoms with Gasteiger partial charge in [-0.25, -0.2) is 9.97 Å². The van der Waals surface area contributed by atoms with Crippen molar-refractivity contribution in [3.8, 4) is 0 Å². The van der Waals surface area contributed by atoms with Crippen LogP contribution < -0.4 is 4.90 Å². The zero-order chi connectivity index (χ0) is 15.4. The summed E-state index contributed by atoms with van der Waals surface area (Å²) in [6.07, 6.45) is 7.42. The third-order valence-electron chi connectivity index (χ3n) is 4.85. The second-order valence-electron chi connectivity index (χ2n) is 6.57. The molecule has 0 spiro atoms. The molecule has 22 heavy (non-hydrogen) atoms. The highest BCUT2D eigenvalue weighted by Crippen LogP contribution is 2.19. The maximum Gasteiger partial charge on any atom is 0.225 e. The van der Waals surface area contributed by atoms with Gasteiger partial charge in [-0.2, -0.15) is 0 Å². The second kappa shape index (κ2) is 7.38. The monoisotopic (exact) mass is 304 g/mol. The minimum atomic E-state index is 0.329. The molecule has 5 heteroatoms. The molecule has 0 unspecified atom stereocenters. The topological polar surface area (TPSA) is 41.5 Å². The summed E-state index contributed by atoms with van der Waals surface area (Å²) in [5.41, 5.74) is 2.22. The van der Waals surface area contributed by atoms with E-state index in [1.165, 1.54) is 32.4 Å². The van der Waals surface area contributed by atoms with Gasteiger partial charge in [0.1, 0.15) is 0 Å². The van der Waals surface area contributed by atoms with Crippen LogP contribution in [0.4, 0.5) is 5.95 Å².